The van der Waals surface area contributed by atoms with Gasteiger partial charge in [-0.15, -0.1) is 0 Å². The van der Waals surface area contributed by atoms with Crippen LogP contribution in [0.15, 0.2) is 11.1 Å². The molecule has 0 spiro atoms. The third kappa shape index (κ3) is 2.78. The summed E-state index contributed by atoms with van der Waals surface area (Å²) in [5.41, 5.74) is -0.666. The molecule has 0 unspecified atom stereocenters. The van der Waals surface area contributed by atoms with Crippen LogP contribution in [0.3, 0.4) is 0 Å². The zero-order chi connectivity index (χ0) is 11.8. The molecule has 1 rings (SSSR count). The van der Waals surface area contributed by atoms with Crippen molar-refractivity contribution in [2.75, 3.05) is 0 Å². The number of pyridine rings is 1. The fourth-order valence-electron chi connectivity index (χ4n) is 0.817. The Morgan fingerprint density at radius 3 is 2.40 bits per heavy atom. The number of hydrogen-bond acceptors (Lipinski definition) is 3. The summed E-state index contributed by atoms with van der Waals surface area (Å²) in [6.07, 6.45) is -2.92. The summed E-state index contributed by atoms with van der Waals surface area (Å²) in [7, 11) is -4.33. The van der Waals surface area contributed by atoms with Crippen LogP contribution in [0.1, 0.15) is 12.0 Å². The lowest BCUT2D eigenvalue weighted by Crippen LogP contribution is -2.17. The third-order valence-corrected chi connectivity index (χ3v) is 3.12. The van der Waals surface area contributed by atoms with Crippen LogP contribution in [0.2, 0.25) is 0 Å². The lowest BCUT2D eigenvalue weighted by molar-refractivity contribution is 0.149. The van der Waals surface area contributed by atoms with E-state index < -0.39 is 32.9 Å². The van der Waals surface area contributed by atoms with Gasteiger partial charge in [-0.1, -0.05) is 0 Å². The second-order valence-electron chi connectivity index (χ2n) is 2.50. The van der Waals surface area contributed by atoms with E-state index in [-0.39, 0.29) is 3.70 Å². The van der Waals surface area contributed by atoms with E-state index in [4.69, 9.17) is 0 Å². The highest BCUT2D eigenvalue weighted by Gasteiger charge is 2.22. The number of nitrogens with two attached hydrogens (primary N) is 1. The highest BCUT2D eigenvalue weighted by Crippen LogP contribution is 2.25. The van der Waals surface area contributed by atoms with E-state index in [0.29, 0.717) is 6.07 Å². The molecule has 0 amide bonds. The van der Waals surface area contributed by atoms with Gasteiger partial charge in [0.2, 0.25) is 5.03 Å². The van der Waals surface area contributed by atoms with Gasteiger partial charge in [-0.3, -0.25) is 0 Å². The Balaban J connectivity index is 3.46. The van der Waals surface area contributed by atoms with Crippen LogP contribution >= 0.6 is 22.6 Å². The molecule has 84 valence electrons. The highest BCUT2D eigenvalue weighted by molar-refractivity contribution is 14.1. The lowest BCUT2D eigenvalue weighted by Gasteiger charge is -2.05. The van der Waals surface area contributed by atoms with Crippen molar-refractivity contribution in [3.63, 3.8) is 0 Å². The third-order valence-electron chi connectivity index (χ3n) is 1.43. The van der Waals surface area contributed by atoms with Crippen LogP contribution in [-0.2, 0) is 10.0 Å². The fraction of sp³-hybridized carbons (Fsp3) is 0.167. The van der Waals surface area contributed by atoms with Gasteiger partial charge in [0.25, 0.3) is 16.4 Å². The average molecular weight is 352 g/mol. The Morgan fingerprint density at radius 2 is 2.00 bits per heavy atom. The first-order valence-corrected chi connectivity index (χ1v) is 6.03. The second-order valence-corrected chi connectivity index (χ2v) is 5.00. The Hall–Kier alpha value is -0.420. The number of hydrogen-bond donors (Lipinski definition) is 1. The zero-order valence-corrected chi connectivity index (χ0v) is 9.89. The molecule has 0 aromatic carbocycles. The zero-order valence-electron chi connectivity index (χ0n) is 6.92. The molecule has 0 bridgehead atoms. The molecule has 0 atom stereocenters. The Labute approximate surface area is 96.9 Å². The molecule has 0 radical (unpaired) electrons. The number of halogens is 4. The van der Waals surface area contributed by atoms with Gasteiger partial charge in [-0.2, -0.15) is 0 Å². The van der Waals surface area contributed by atoms with Crippen molar-refractivity contribution in [3.05, 3.63) is 21.1 Å². The average Bonchev–Trinajstić information content (AvgIpc) is 2.06. The first-order chi connectivity index (χ1) is 6.73. The summed E-state index contributed by atoms with van der Waals surface area (Å²) in [6, 6.07) is 0.416. The number of aromatic nitrogens is 1. The van der Waals surface area contributed by atoms with Gasteiger partial charge >= 0.3 is 0 Å². The summed E-state index contributed by atoms with van der Waals surface area (Å²) in [5, 5.41) is 3.60. The van der Waals surface area contributed by atoms with Crippen molar-refractivity contribution < 1.29 is 21.6 Å². The van der Waals surface area contributed by atoms with E-state index in [9.17, 15) is 21.6 Å². The smallest absolute Gasteiger partial charge is 0.226 e. The van der Waals surface area contributed by atoms with Crippen molar-refractivity contribution in [2.45, 2.75) is 11.5 Å². The van der Waals surface area contributed by atoms with Gasteiger partial charge in [0.15, 0.2) is 5.82 Å². The molecule has 9 heteroatoms. The molecule has 1 heterocycles. The quantitative estimate of drug-likeness (QED) is 0.646. The highest BCUT2D eigenvalue weighted by atomic mass is 127. The maximum absolute atomic E-state index is 13.0. The molecule has 0 aliphatic carbocycles. The van der Waals surface area contributed by atoms with Gasteiger partial charge in [-0.05, 0) is 28.7 Å². The Morgan fingerprint density at radius 1 is 1.47 bits per heavy atom. The number of sulfonamides is 1. The van der Waals surface area contributed by atoms with E-state index in [1.807, 2.05) is 0 Å². The number of alkyl halides is 2. The van der Waals surface area contributed by atoms with Crippen LogP contribution in [-0.4, -0.2) is 13.4 Å². The molecular formula is C6H4F3IN2O2S. The molecule has 0 saturated heterocycles. The van der Waals surface area contributed by atoms with E-state index in [2.05, 4.69) is 10.1 Å². The predicted molar refractivity (Wildman–Crippen MR) is 53.2 cm³/mol. The van der Waals surface area contributed by atoms with Crippen molar-refractivity contribution in [1.29, 1.82) is 0 Å². The summed E-state index contributed by atoms with van der Waals surface area (Å²) in [4.78, 5) is 3.18. The molecule has 4 nitrogen and oxygen atoms in total. The Kier molecular flexibility index (Phi) is 3.55. The molecule has 2 N–H and O–H groups in total. The second kappa shape index (κ2) is 4.22. The van der Waals surface area contributed by atoms with Gasteiger partial charge in [0, 0.05) is 0 Å². The molecule has 1 aromatic heterocycles. The minimum atomic E-state index is -4.33. The maximum Gasteiger partial charge on any atom is 0.266 e. The van der Waals surface area contributed by atoms with Gasteiger partial charge < -0.3 is 0 Å². The van der Waals surface area contributed by atoms with Crippen molar-refractivity contribution in [2.24, 2.45) is 5.14 Å². The number of rotatable bonds is 2. The fourth-order valence-corrected chi connectivity index (χ4v) is 2.16. The molecule has 0 aliphatic heterocycles. The topological polar surface area (TPSA) is 73.1 Å². The van der Waals surface area contributed by atoms with E-state index in [1.165, 1.54) is 22.6 Å². The standard InChI is InChI=1S/C6H4F3IN2O2S/c7-3-1-2(4(8)9)5(10)12-6(3)15(11,13)14/h1,4H,(H2,11,13,14). The minimum Gasteiger partial charge on any atom is -0.226 e. The lowest BCUT2D eigenvalue weighted by atomic mass is 10.3. The molecular weight excluding hydrogens is 348 g/mol. The number of primary sulfonamides is 1. The van der Waals surface area contributed by atoms with E-state index in [0.717, 1.165) is 0 Å². The number of nitrogens with zero attached hydrogens (tertiary/aromatic N) is 1. The van der Waals surface area contributed by atoms with Crippen molar-refractivity contribution in [3.8, 4) is 0 Å². The largest absolute Gasteiger partial charge is 0.266 e. The maximum atomic E-state index is 13.0. The first-order valence-electron chi connectivity index (χ1n) is 3.40. The molecule has 15 heavy (non-hydrogen) atoms. The van der Waals surface area contributed by atoms with Crippen LogP contribution < -0.4 is 5.14 Å². The Bertz CT molecular complexity index is 491. The molecule has 1 aromatic rings. The van der Waals surface area contributed by atoms with Gasteiger partial charge in [-0.25, -0.2) is 31.7 Å². The summed E-state index contributed by atoms with van der Waals surface area (Å²) < 4.78 is 58.8. The van der Waals surface area contributed by atoms with Crippen LogP contribution in [0.25, 0.3) is 0 Å². The van der Waals surface area contributed by atoms with E-state index in [1.54, 1.807) is 0 Å². The van der Waals surface area contributed by atoms with Crippen molar-refractivity contribution >= 4 is 32.6 Å². The minimum absolute atomic E-state index is 0.298. The molecule has 0 fully saturated rings. The van der Waals surface area contributed by atoms with Gasteiger partial charge in [0.05, 0.1) is 5.56 Å². The molecule has 0 aliphatic rings. The monoisotopic (exact) mass is 352 g/mol. The first kappa shape index (κ1) is 12.6. The van der Waals surface area contributed by atoms with Crippen LogP contribution in [0.5, 0.6) is 0 Å². The SMILES string of the molecule is NS(=O)(=O)c1nc(I)c(C(F)F)cc1F. The van der Waals surface area contributed by atoms with Crippen molar-refractivity contribution in [1.82, 2.24) is 4.98 Å². The van der Waals surface area contributed by atoms with Crippen LogP contribution in [0, 0.1) is 9.52 Å². The summed E-state index contributed by atoms with van der Waals surface area (Å²) >= 11 is 1.38. The predicted octanol–water partition coefficient (Wildman–Crippen LogP) is 1.41. The normalized spacial score (nSPS) is 12.1. The summed E-state index contributed by atoms with van der Waals surface area (Å²) in [6.45, 7) is 0. The molecule has 0 saturated carbocycles. The summed E-state index contributed by atoms with van der Waals surface area (Å²) in [5.74, 6) is -1.38. The van der Waals surface area contributed by atoms with Crippen LogP contribution in [0.4, 0.5) is 13.2 Å². The van der Waals surface area contributed by atoms with E-state index >= 15 is 0 Å². The van der Waals surface area contributed by atoms with Gasteiger partial charge in [0.1, 0.15) is 3.70 Å².